The molecule has 2 aromatic rings. The van der Waals surface area contributed by atoms with E-state index in [1.165, 1.54) is 12.1 Å². The summed E-state index contributed by atoms with van der Waals surface area (Å²) in [6, 6.07) is 8.18. The third-order valence-electron chi connectivity index (χ3n) is 4.91. The van der Waals surface area contributed by atoms with Crippen LogP contribution in [0.2, 0.25) is 0 Å². The van der Waals surface area contributed by atoms with Gasteiger partial charge in [-0.2, -0.15) is 0 Å². The molecule has 1 aliphatic carbocycles. The second kappa shape index (κ2) is 6.43. The van der Waals surface area contributed by atoms with E-state index in [-0.39, 0.29) is 11.7 Å². The van der Waals surface area contributed by atoms with E-state index in [1.54, 1.807) is 12.1 Å². The van der Waals surface area contributed by atoms with Crippen LogP contribution in [0.25, 0.3) is 11.3 Å². The first-order valence-corrected chi connectivity index (χ1v) is 8.73. The van der Waals surface area contributed by atoms with Crippen molar-refractivity contribution >= 4 is 11.8 Å². The lowest BCUT2D eigenvalue weighted by molar-refractivity contribution is -0.141. The summed E-state index contributed by atoms with van der Waals surface area (Å²) >= 11 is 0. The molecule has 0 bridgehead atoms. The fourth-order valence-electron chi connectivity index (χ4n) is 3.29. The first-order valence-electron chi connectivity index (χ1n) is 8.73. The molecule has 6 heteroatoms. The molecule has 1 saturated heterocycles. The highest BCUT2D eigenvalue weighted by Gasteiger charge is 2.30. The highest BCUT2D eigenvalue weighted by molar-refractivity contribution is 5.71. The number of hydrogen-bond donors (Lipinski definition) is 1. The quantitative estimate of drug-likeness (QED) is 0.922. The summed E-state index contributed by atoms with van der Waals surface area (Å²) in [6.07, 6.45) is 3.72. The minimum absolute atomic E-state index is 0.277. The topological polar surface area (TPSA) is 66.3 Å². The number of aromatic nitrogens is 2. The Labute approximate surface area is 145 Å². The minimum Gasteiger partial charge on any atom is -0.481 e. The first kappa shape index (κ1) is 16.0. The van der Waals surface area contributed by atoms with Crippen molar-refractivity contribution in [3.05, 3.63) is 42.0 Å². The number of aliphatic carboxylic acids is 1. The molecule has 130 valence electrons. The van der Waals surface area contributed by atoms with Gasteiger partial charge in [-0.1, -0.05) is 0 Å². The van der Waals surface area contributed by atoms with Crippen LogP contribution in [-0.4, -0.2) is 34.1 Å². The zero-order chi connectivity index (χ0) is 17.4. The van der Waals surface area contributed by atoms with Crippen molar-refractivity contribution < 1.29 is 14.3 Å². The molecule has 1 aromatic carbocycles. The number of hydrogen-bond acceptors (Lipinski definition) is 4. The van der Waals surface area contributed by atoms with Crippen LogP contribution in [0, 0.1) is 11.7 Å². The van der Waals surface area contributed by atoms with Crippen LogP contribution >= 0.6 is 0 Å². The molecule has 2 fully saturated rings. The summed E-state index contributed by atoms with van der Waals surface area (Å²) in [7, 11) is 0. The fraction of sp³-hybridized carbons (Fsp3) is 0.421. The molecular weight excluding hydrogens is 321 g/mol. The predicted octanol–water partition coefficient (Wildman–Crippen LogP) is 3.46. The Balaban J connectivity index is 1.69. The molecule has 1 aromatic heterocycles. The zero-order valence-electron chi connectivity index (χ0n) is 13.9. The van der Waals surface area contributed by atoms with Crippen molar-refractivity contribution in [3.8, 4) is 11.3 Å². The van der Waals surface area contributed by atoms with Gasteiger partial charge in [0, 0.05) is 30.6 Å². The van der Waals surface area contributed by atoms with E-state index in [2.05, 4.69) is 4.98 Å². The van der Waals surface area contributed by atoms with Gasteiger partial charge in [-0.05, 0) is 49.9 Å². The standard InChI is InChI=1S/C19H20FN3O2/c20-15-7-5-12(6-8-15)16-10-17(22-18(21-16)13-3-4-13)23-9-1-2-14(11-23)19(24)25/h5-8,10,13-14H,1-4,9,11H2,(H,24,25)/t14-/m0/s1. The lowest BCUT2D eigenvalue weighted by Gasteiger charge is -2.32. The van der Waals surface area contributed by atoms with Gasteiger partial charge in [0.25, 0.3) is 0 Å². The Hall–Kier alpha value is -2.50. The summed E-state index contributed by atoms with van der Waals surface area (Å²) in [5, 5.41) is 9.32. The van der Waals surface area contributed by atoms with Crippen LogP contribution in [0.4, 0.5) is 10.2 Å². The van der Waals surface area contributed by atoms with E-state index in [9.17, 15) is 14.3 Å². The Morgan fingerprint density at radius 3 is 2.60 bits per heavy atom. The van der Waals surface area contributed by atoms with Gasteiger partial charge < -0.3 is 10.0 Å². The maximum Gasteiger partial charge on any atom is 0.308 e. The van der Waals surface area contributed by atoms with E-state index in [0.717, 1.165) is 48.7 Å². The SMILES string of the molecule is O=C(O)[C@H]1CCCN(c2cc(-c3ccc(F)cc3)nc(C3CC3)n2)C1. The third-order valence-corrected chi connectivity index (χ3v) is 4.91. The number of carboxylic acid groups (broad SMARTS) is 1. The van der Waals surface area contributed by atoms with Gasteiger partial charge in [0.05, 0.1) is 11.6 Å². The molecule has 25 heavy (non-hydrogen) atoms. The Morgan fingerprint density at radius 1 is 1.16 bits per heavy atom. The molecule has 2 heterocycles. The van der Waals surface area contributed by atoms with E-state index >= 15 is 0 Å². The van der Waals surface area contributed by atoms with Crippen LogP contribution in [0.15, 0.2) is 30.3 Å². The molecule has 0 radical (unpaired) electrons. The van der Waals surface area contributed by atoms with Gasteiger partial charge in [0.2, 0.25) is 0 Å². The van der Waals surface area contributed by atoms with Crippen molar-refractivity contribution in [2.24, 2.45) is 5.92 Å². The van der Waals surface area contributed by atoms with Crippen LogP contribution in [-0.2, 0) is 4.79 Å². The van der Waals surface area contributed by atoms with Gasteiger partial charge in [-0.25, -0.2) is 14.4 Å². The monoisotopic (exact) mass is 341 g/mol. The Morgan fingerprint density at radius 2 is 1.92 bits per heavy atom. The minimum atomic E-state index is -0.750. The zero-order valence-corrected chi connectivity index (χ0v) is 13.9. The van der Waals surface area contributed by atoms with Crippen molar-refractivity contribution in [1.82, 2.24) is 9.97 Å². The fourth-order valence-corrected chi connectivity index (χ4v) is 3.29. The highest BCUT2D eigenvalue weighted by atomic mass is 19.1. The molecule has 1 N–H and O–H groups in total. The molecule has 0 unspecified atom stereocenters. The maximum absolute atomic E-state index is 13.2. The molecule has 0 amide bonds. The Kier molecular flexibility index (Phi) is 4.11. The maximum atomic E-state index is 13.2. The van der Waals surface area contributed by atoms with Crippen molar-refractivity contribution in [3.63, 3.8) is 0 Å². The number of benzene rings is 1. The molecule has 1 aliphatic heterocycles. The summed E-state index contributed by atoms with van der Waals surface area (Å²) in [5.74, 6) is 0.596. The number of anilines is 1. The second-order valence-electron chi connectivity index (χ2n) is 6.87. The summed E-state index contributed by atoms with van der Waals surface area (Å²) in [6.45, 7) is 1.27. The molecule has 4 rings (SSSR count). The number of piperidine rings is 1. The van der Waals surface area contributed by atoms with Crippen LogP contribution in [0.3, 0.4) is 0 Å². The van der Waals surface area contributed by atoms with Crippen molar-refractivity contribution in [2.45, 2.75) is 31.6 Å². The van der Waals surface area contributed by atoms with E-state index in [1.807, 2.05) is 11.0 Å². The van der Waals surface area contributed by atoms with Crippen LogP contribution in [0.1, 0.15) is 37.4 Å². The third kappa shape index (κ3) is 3.48. The highest BCUT2D eigenvalue weighted by Crippen LogP contribution is 2.39. The Bertz CT molecular complexity index is 790. The van der Waals surface area contributed by atoms with Gasteiger partial charge in [-0.15, -0.1) is 0 Å². The molecule has 0 spiro atoms. The largest absolute Gasteiger partial charge is 0.481 e. The number of nitrogens with zero attached hydrogens (tertiary/aromatic N) is 3. The number of carbonyl (C=O) groups is 1. The predicted molar refractivity (Wildman–Crippen MR) is 92.0 cm³/mol. The number of carboxylic acids is 1. The first-order chi connectivity index (χ1) is 12.1. The molecule has 1 atom stereocenters. The van der Waals surface area contributed by atoms with Crippen LogP contribution < -0.4 is 4.90 Å². The molecule has 1 saturated carbocycles. The average molecular weight is 341 g/mol. The smallest absolute Gasteiger partial charge is 0.308 e. The lowest BCUT2D eigenvalue weighted by atomic mass is 9.98. The molecular formula is C19H20FN3O2. The van der Waals surface area contributed by atoms with Gasteiger partial charge >= 0.3 is 5.97 Å². The summed E-state index contributed by atoms with van der Waals surface area (Å²) in [4.78, 5) is 22.8. The average Bonchev–Trinajstić information content (AvgIpc) is 3.47. The summed E-state index contributed by atoms with van der Waals surface area (Å²) in [5.41, 5.74) is 1.61. The van der Waals surface area contributed by atoms with Gasteiger partial charge in [-0.3, -0.25) is 4.79 Å². The normalized spacial score (nSPS) is 20.5. The number of rotatable bonds is 4. The molecule has 5 nitrogen and oxygen atoms in total. The molecule has 2 aliphatic rings. The van der Waals surface area contributed by atoms with E-state index < -0.39 is 5.97 Å². The van der Waals surface area contributed by atoms with Crippen molar-refractivity contribution in [1.29, 1.82) is 0 Å². The number of halogens is 1. The second-order valence-corrected chi connectivity index (χ2v) is 6.87. The van der Waals surface area contributed by atoms with E-state index in [0.29, 0.717) is 18.9 Å². The van der Waals surface area contributed by atoms with Gasteiger partial charge in [0.1, 0.15) is 17.5 Å². The van der Waals surface area contributed by atoms with Gasteiger partial charge in [0.15, 0.2) is 0 Å². The van der Waals surface area contributed by atoms with Crippen molar-refractivity contribution in [2.75, 3.05) is 18.0 Å². The van der Waals surface area contributed by atoms with E-state index in [4.69, 9.17) is 4.98 Å². The lowest BCUT2D eigenvalue weighted by Crippen LogP contribution is -2.39. The summed E-state index contributed by atoms with van der Waals surface area (Å²) < 4.78 is 13.2. The van der Waals surface area contributed by atoms with Crippen LogP contribution in [0.5, 0.6) is 0 Å².